The largest absolute Gasteiger partial charge is 0.480 e. The highest BCUT2D eigenvalue weighted by Crippen LogP contribution is 2.31. The Morgan fingerprint density at radius 1 is 1.38 bits per heavy atom. The normalized spacial score (nSPS) is 25.6. The van der Waals surface area contributed by atoms with Crippen molar-refractivity contribution in [3.63, 3.8) is 0 Å². The lowest BCUT2D eigenvalue weighted by atomic mass is 9.78. The van der Waals surface area contributed by atoms with Crippen molar-refractivity contribution in [2.75, 3.05) is 13.1 Å². The van der Waals surface area contributed by atoms with Gasteiger partial charge in [-0.1, -0.05) is 6.42 Å². The molecule has 8 nitrogen and oxygen atoms in total. The molecule has 1 saturated heterocycles. The number of nitrogens with zero attached hydrogens (tertiary/aromatic N) is 1. The number of carboxylic acids is 1. The number of halogens is 3. The van der Waals surface area contributed by atoms with E-state index in [0.29, 0.717) is 0 Å². The van der Waals surface area contributed by atoms with Gasteiger partial charge in [0.15, 0.2) is 0 Å². The number of carbonyl (C=O) groups excluding carboxylic acids is 1. The number of nitrogens with two attached hydrogens (primary N) is 2. The summed E-state index contributed by atoms with van der Waals surface area (Å²) in [5, 5.41) is 26.9. The second-order valence-electron chi connectivity index (χ2n) is 6.10. The first kappa shape index (κ1) is 20.7. The topological polar surface area (TPSA) is 150 Å². The molecule has 7 N–H and O–H groups in total. The molecule has 1 aliphatic heterocycles. The van der Waals surface area contributed by atoms with Gasteiger partial charge in [-0.2, -0.15) is 13.2 Å². The van der Waals surface area contributed by atoms with Crippen LogP contribution in [0, 0.1) is 5.92 Å². The van der Waals surface area contributed by atoms with Crippen molar-refractivity contribution in [1.29, 1.82) is 0 Å². The van der Waals surface area contributed by atoms with E-state index in [1.54, 1.807) is 0 Å². The summed E-state index contributed by atoms with van der Waals surface area (Å²) in [6.07, 6.45) is -5.70. The third-order valence-electron chi connectivity index (χ3n) is 4.12. The minimum Gasteiger partial charge on any atom is -0.480 e. The predicted octanol–water partition coefficient (Wildman–Crippen LogP) is -1.24. The number of alkyl halides is 3. The van der Waals surface area contributed by atoms with Crippen LogP contribution in [0.1, 0.15) is 19.3 Å². The van der Waals surface area contributed by atoms with Gasteiger partial charge in [0.1, 0.15) is 5.54 Å². The number of amides is 1. The SMILES string of the molecule is NC(CC(F)(F)F)C(=O)N1CC(CCCB(O)O)[C@](N)(C(=O)O)C1. The number of carboxylic acid groups (broad SMARTS) is 1. The molecular weight excluding hydrogens is 334 g/mol. The summed E-state index contributed by atoms with van der Waals surface area (Å²) in [4.78, 5) is 24.4. The predicted molar refractivity (Wildman–Crippen MR) is 77.5 cm³/mol. The van der Waals surface area contributed by atoms with Crippen LogP contribution in [0.2, 0.25) is 6.32 Å². The highest BCUT2D eigenvalue weighted by Gasteiger charge is 2.51. The van der Waals surface area contributed by atoms with Gasteiger partial charge < -0.3 is 31.5 Å². The first-order valence-electron chi connectivity index (χ1n) is 7.36. The highest BCUT2D eigenvalue weighted by molar-refractivity contribution is 6.40. The van der Waals surface area contributed by atoms with Crippen molar-refractivity contribution >= 4 is 19.0 Å². The van der Waals surface area contributed by atoms with E-state index in [9.17, 15) is 27.9 Å². The Balaban J connectivity index is 2.78. The fourth-order valence-corrected chi connectivity index (χ4v) is 2.82. The summed E-state index contributed by atoms with van der Waals surface area (Å²) in [5.74, 6) is -3.11. The van der Waals surface area contributed by atoms with Crippen molar-refractivity contribution in [2.24, 2.45) is 17.4 Å². The van der Waals surface area contributed by atoms with E-state index in [1.807, 2.05) is 0 Å². The zero-order valence-corrected chi connectivity index (χ0v) is 12.9. The average molecular weight is 355 g/mol. The van der Waals surface area contributed by atoms with Crippen molar-refractivity contribution in [2.45, 2.75) is 43.3 Å². The van der Waals surface area contributed by atoms with Crippen molar-refractivity contribution in [1.82, 2.24) is 4.90 Å². The second kappa shape index (κ2) is 7.68. The van der Waals surface area contributed by atoms with Crippen LogP contribution in [0.25, 0.3) is 0 Å². The van der Waals surface area contributed by atoms with E-state index in [-0.39, 0.29) is 25.7 Å². The number of rotatable bonds is 7. The van der Waals surface area contributed by atoms with Gasteiger partial charge in [-0.3, -0.25) is 9.59 Å². The van der Waals surface area contributed by atoms with Gasteiger partial charge in [0.2, 0.25) is 5.91 Å². The van der Waals surface area contributed by atoms with Crippen molar-refractivity contribution in [3.05, 3.63) is 0 Å². The zero-order valence-electron chi connectivity index (χ0n) is 12.9. The highest BCUT2D eigenvalue weighted by atomic mass is 19.4. The molecule has 0 saturated carbocycles. The molecule has 1 heterocycles. The van der Waals surface area contributed by atoms with E-state index in [4.69, 9.17) is 21.5 Å². The molecule has 1 aliphatic rings. The Kier molecular flexibility index (Phi) is 6.62. The Hall–Kier alpha value is -1.37. The van der Waals surface area contributed by atoms with E-state index < -0.39 is 55.6 Å². The number of carbonyl (C=O) groups is 2. The van der Waals surface area contributed by atoms with Gasteiger partial charge >= 0.3 is 19.3 Å². The number of aliphatic carboxylic acids is 1. The first-order valence-corrected chi connectivity index (χ1v) is 7.36. The summed E-state index contributed by atoms with van der Waals surface area (Å²) in [7, 11) is -1.55. The molecule has 3 atom stereocenters. The molecular formula is C12H21BF3N3O5. The first-order chi connectivity index (χ1) is 10.9. The fraction of sp³-hybridized carbons (Fsp3) is 0.833. The van der Waals surface area contributed by atoms with Gasteiger partial charge in [-0.15, -0.1) is 0 Å². The van der Waals surface area contributed by atoms with Crippen LogP contribution in [-0.2, 0) is 9.59 Å². The summed E-state index contributed by atoms with van der Waals surface area (Å²) in [6, 6.07) is -1.82. The van der Waals surface area contributed by atoms with Crippen LogP contribution in [0.15, 0.2) is 0 Å². The smallest absolute Gasteiger partial charge is 0.451 e. The zero-order chi connectivity index (χ0) is 18.7. The molecule has 1 rings (SSSR count). The molecule has 0 radical (unpaired) electrons. The minimum absolute atomic E-state index is 0.00622. The van der Waals surface area contributed by atoms with Gasteiger partial charge in [0.05, 0.1) is 12.5 Å². The van der Waals surface area contributed by atoms with Crippen LogP contribution in [0.3, 0.4) is 0 Å². The quantitative estimate of drug-likeness (QED) is 0.359. The average Bonchev–Trinajstić information content (AvgIpc) is 2.74. The van der Waals surface area contributed by atoms with E-state index in [2.05, 4.69) is 0 Å². The van der Waals surface area contributed by atoms with Gasteiger partial charge in [0, 0.05) is 19.0 Å². The van der Waals surface area contributed by atoms with Gasteiger partial charge in [-0.05, 0) is 12.7 Å². The third-order valence-corrected chi connectivity index (χ3v) is 4.12. The lowest BCUT2D eigenvalue weighted by Crippen LogP contribution is -2.55. The van der Waals surface area contributed by atoms with E-state index in [1.165, 1.54) is 0 Å². The number of likely N-dealkylation sites (tertiary alicyclic amines) is 1. The summed E-state index contributed by atoms with van der Waals surface area (Å²) in [6.45, 7) is -0.590. The molecule has 138 valence electrons. The van der Waals surface area contributed by atoms with Crippen LogP contribution in [0.4, 0.5) is 13.2 Å². The monoisotopic (exact) mass is 355 g/mol. The molecule has 1 amide bonds. The molecule has 1 fully saturated rings. The second-order valence-corrected chi connectivity index (χ2v) is 6.10. The molecule has 2 unspecified atom stereocenters. The summed E-state index contributed by atoms with van der Waals surface area (Å²) < 4.78 is 37.0. The molecule has 0 spiro atoms. The molecule has 0 aromatic rings. The maximum atomic E-state index is 12.3. The molecule has 24 heavy (non-hydrogen) atoms. The number of hydrogen-bond donors (Lipinski definition) is 5. The maximum Gasteiger partial charge on any atom is 0.451 e. The molecule has 12 heteroatoms. The Morgan fingerprint density at radius 3 is 2.42 bits per heavy atom. The lowest BCUT2D eigenvalue weighted by molar-refractivity contribution is -0.152. The maximum absolute atomic E-state index is 12.3. The van der Waals surface area contributed by atoms with Crippen molar-refractivity contribution in [3.8, 4) is 0 Å². The van der Waals surface area contributed by atoms with Crippen LogP contribution in [-0.4, -0.2) is 69.9 Å². The van der Waals surface area contributed by atoms with Crippen LogP contribution in [0.5, 0.6) is 0 Å². The van der Waals surface area contributed by atoms with Crippen LogP contribution >= 0.6 is 0 Å². The molecule has 0 bridgehead atoms. The van der Waals surface area contributed by atoms with Gasteiger partial charge in [0.25, 0.3) is 0 Å². The summed E-state index contributed by atoms with van der Waals surface area (Å²) in [5.41, 5.74) is 9.29. The Labute approximate surface area is 136 Å². The van der Waals surface area contributed by atoms with E-state index in [0.717, 1.165) is 4.90 Å². The number of hydrogen-bond acceptors (Lipinski definition) is 6. The lowest BCUT2D eigenvalue weighted by Gasteiger charge is -2.25. The Bertz CT molecular complexity index is 479. The fourth-order valence-electron chi connectivity index (χ4n) is 2.82. The summed E-state index contributed by atoms with van der Waals surface area (Å²) >= 11 is 0. The van der Waals surface area contributed by atoms with E-state index >= 15 is 0 Å². The van der Waals surface area contributed by atoms with Gasteiger partial charge in [-0.25, -0.2) is 0 Å². The molecule has 0 aliphatic carbocycles. The minimum atomic E-state index is -4.61. The molecule has 0 aromatic heterocycles. The standard InChI is InChI=1S/C12H21BF3N3O5/c14-12(15,16)4-8(17)9(20)19-5-7(2-1-3-13(23)24)11(18,6-19)10(21)22/h7-8,23-24H,1-6,17-18H2,(H,21,22)/t7?,8?,11-/m0/s1. The molecule has 0 aromatic carbocycles. The third kappa shape index (κ3) is 5.33. The van der Waals surface area contributed by atoms with Crippen molar-refractivity contribution < 1.29 is 37.9 Å². The Morgan fingerprint density at radius 2 is 1.96 bits per heavy atom. The van der Waals surface area contributed by atoms with Crippen LogP contribution < -0.4 is 11.5 Å².